The second-order valence-electron chi connectivity index (χ2n) is 6.89. The van der Waals surface area contributed by atoms with Crippen LogP contribution in [0.25, 0.3) is 0 Å². The van der Waals surface area contributed by atoms with Crippen LogP contribution in [0.4, 0.5) is 4.39 Å². The van der Waals surface area contributed by atoms with Gasteiger partial charge in [-0.3, -0.25) is 9.59 Å². The van der Waals surface area contributed by atoms with E-state index in [9.17, 15) is 14.0 Å². The molecule has 1 N–H and O–H groups in total. The molecule has 2 fully saturated rings. The van der Waals surface area contributed by atoms with E-state index in [4.69, 9.17) is 0 Å². The molecule has 1 aliphatic carbocycles. The number of amides is 2. The molecule has 3 atom stereocenters. The number of halogens is 1. The third-order valence-electron chi connectivity index (χ3n) is 4.74. The van der Waals surface area contributed by atoms with Gasteiger partial charge in [-0.1, -0.05) is 26.0 Å². The molecule has 1 aromatic rings. The summed E-state index contributed by atoms with van der Waals surface area (Å²) in [7, 11) is 0. The number of nitrogens with one attached hydrogen (secondary N) is 1. The first-order valence-corrected chi connectivity index (χ1v) is 8.32. The number of hydrogen-bond acceptors (Lipinski definition) is 2. The van der Waals surface area contributed by atoms with Crippen LogP contribution in [0.5, 0.6) is 0 Å². The van der Waals surface area contributed by atoms with Crippen molar-refractivity contribution in [2.45, 2.75) is 51.1 Å². The molecule has 2 aliphatic rings. The molecule has 1 aliphatic heterocycles. The molecule has 0 aromatic heterocycles. The number of likely N-dealkylation sites (tertiary alicyclic amines) is 1. The summed E-state index contributed by atoms with van der Waals surface area (Å²) in [6.45, 7) is 4.59. The SMILES string of the molecule is CC(C)[C@H](C(=O)N[C@@H]1C[C@@H]1c1cccc(F)c1)N1CCCC1=O. The topological polar surface area (TPSA) is 49.4 Å². The predicted molar refractivity (Wildman–Crippen MR) is 85.3 cm³/mol. The molecule has 5 heteroatoms. The van der Waals surface area contributed by atoms with Gasteiger partial charge in [0.1, 0.15) is 11.9 Å². The molecule has 0 radical (unpaired) electrons. The van der Waals surface area contributed by atoms with Crippen LogP contribution >= 0.6 is 0 Å². The molecular formula is C18H23FN2O2. The van der Waals surface area contributed by atoms with Gasteiger partial charge < -0.3 is 10.2 Å². The van der Waals surface area contributed by atoms with Gasteiger partial charge in [-0.05, 0) is 36.5 Å². The summed E-state index contributed by atoms with van der Waals surface area (Å²) in [5.41, 5.74) is 0.925. The molecule has 3 rings (SSSR count). The first-order chi connectivity index (χ1) is 11.0. The van der Waals surface area contributed by atoms with Gasteiger partial charge in [0.25, 0.3) is 0 Å². The first-order valence-electron chi connectivity index (χ1n) is 8.32. The van der Waals surface area contributed by atoms with Crippen LogP contribution in [0.15, 0.2) is 24.3 Å². The smallest absolute Gasteiger partial charge is 0.243 e. The summed E-state index contributed by atoms with van der Waals surface area (Å²) >= 11 is 0. The van der Waals surface area contributed by atoms with E-state index in [1.54, 1.807) is 11.0 Å². The highest BCUT2D eigenvalue weighted by Gasteiger charge is 2.42. The Hall–Kier alpha value is -1.91. The van der Waals surface area contributed by atoms with Crippen molar-refractivity contribution >= 4 is 11.8 Å². The van der Waals surface area contributed by atoms with Crippen molar-refractivity contribution in [2.75, 3.05) is 6.54 Å². The lowest BCUT2D eigenvalue weighted by molar-refractivity contribution is -0.139. The molecule has 124 valence electrons. The summed E-state index contributed by atoms with van der Waals surface area (Å²) in [5.74, 6) is -0.0159. The Labute approximate surface area is 136 Å². The van der Waals surface area contributed by atoms with Gasteiger partial charge in [0, 0.05) is 24.9 Å². The average Bonchev–Trinajstić information content (AvgIpc) is 3.13. The van der Waals surface area contributed by atoms with Gasteiger partial charge in [-0.25, -0.2) is 4.39 Å². The van der Waals surface area contributed by atoms with Crippen LogP contribution in [0.3, 0.4) is 0 Å². The van der Waals surface area contributed by atoms with Gasteiger partial charge >= 0.3 is 0 Å². The fourth-order valence-electron chi connectivity index (χ4n) is 3.50. The maximum absolute atomic E-state index is 13.3. The van der Waals surface area contributed by atoms with Crippen molar-refractivity contribution in [3.05, 3.63) is 35.6 Å². The second-order valence-corrected chi connectivity index (χ2v) is 6.89. The maximum Gasteiger partial charge on any atom is 0.243 e. The third kappa shape index (κ3) is 3.38. The molecule has 0 bridgehead atoms. The highest BCUT2D eigenvalue weighted by Crippen LogP contribution is 2.41. The predicted octanol–water partition coefficient (Wildman–Crippen LogP) is 2.44. The third-order valence-corrected chi connectivity index (χ3v) is 4.74. The molecule has 1 heterocycles. The van der Waals surface area contributed by atoms with E-state index in [1.165, 1.54) is 12.1 Å². The molecule has 4 nitrogen and oxygen atoms in total. The highest BCUT2D eigenvalue weighted by atomic mass is 19.1. The van der Waals surface area contributed by atoms with Gasteiger partial charge in [-0.2, -0.15) is 0 Å². The Morgan fingerprint density at radius 2 is 2.17 bits per heavy atom. The van der Waals surface area contributed by atoms with Gasteiger partial charge in [0.2, 0.25) is 11.8 Å². The minimum atomic E-state index is -0.404. The molecular weight excluding hydrogens is 295 g/mol. The Morgan fingerprint density at radius 3 is 2.78 bits per heavy atom. The van der Waals surface area contributed by atoms with E-state index in [0.29, 0.717) is 13.0 Å². The Bertz CT molecular complexity index is 617. The second kappa shape index (κ2) is 6.30. The van der Waals surface area contributed by atoms with Crippen LogP contribution < -0.4 is 5.32 Å². The first kappa shape index (κ1) is 16.0. The number of benzene rings is 1. The standard InChI is InChI=1S/C18H23FN2O2/c1-11(2)17(21-8-4-7-16(21)22)18(23)20-15-10-14(15)12-5-3-6-13(19)9-12/h3,5-6,9,11,14-15,17H,4,7-8,10H2,1-2H3,(H,20,23)/t14-,15-,17-/m1/s1. The lowest BCUT2D eigenvalue weighted by Gasteiger charge is -2.30. The number of rotatable bonds is 5. The van der Waals surface area contributed by atoms with E-state index in [1.807, 2.05) is 19.9 Å². The van der Waals surface area contributed by atoms with Crippen molar-refractivity contribution in [2.24, 2.45) is 5.92 Å². The average molecular weight is 318 g/mol. The van der Waals surface area contributed by atoms with Crippen molar-refractivity contribution < 1.29 is 14.0 Å². The number of carbonyl (C=O) groups excluding carboxylic acids is 2. The molecule has 1 saturated carbocycles. The van der Waals surface area contributed by atoms with Crippen molar-refractivity contribution in [1.82, 2.24) is 10.2 Å². The molecule has 23 heavy (non-hydrogen) atoms. The zero-order chi connectivity index (χ0) is 16.6. The Balaban J connectivity index is 1.63. The van der Waals surface area contributed by atoms with Gasteiger partial charge in [-0.15, -0.1) is 0 Å². The summed E-state index contributed by atoms with van der Waals surface area (Å²) in [5, 5.41) is 3.05. The molecule has 0 spiro atoms. The van der Waals surface area contributed by atoms with E-state index in [0.717, 1.165) is 18.4 Å². The normalized spacial score (nSPS) is 24.9. The van der Waals surface area contributed by atoms with Crippen LogP contribution in [0.2, 0.25) is 0 Å². The zero-order valence-corrected chi connectivity index (χ0v) is 13.6. The zero-order valence-electron chi connectivity index (χ0n) is 13.6. The largest absolute Gasteiger partial charge is 0.351 e. The molecule has 0 unspecified atom stereocenters. The fraction of sp³-hybridized carbons (Fsp3) is 0.556. The summed E-state index contributed by atoms with van der Waals surface area (Å²) in [4.78, 5) is 26.3. The minimum Gasteiger partial charge on any atom is -0.351 e. The van der Waals surface area contributed by atoms with Crippen molar-refractivity contribution in [3.63, 3.8) is 0 Å². The quantitative estimate of drug-likeness (QED) is 0.906. The van der Waals surface area contributed by atoms with E-state index in [2.05, 4.69) is 5.32 Å². The molecule has 1 saturated heterocycles. The Morgan fingerprint density at radius 1 is 1.39 bits per heavy atom. The van der Waals surface area contributed by atoms with E-state index >= 15 is 0 Å². The van der Waals surface area contributed by atoms with Crippen LogP contribution in [-0.2, 0) is 9.59 Å². The maximum atomic E-state index is 13.3. The monoisotopic (exact) mass is 318 g/mol. The highest BCUT2D eigenvalue weighted by molar-refractivity contribution is 5.89. The van der Waals surface area contributed by atoms with Gasteiger partial charge in [0.05, 0.1) is 0 Å². The van der Waals surface area contributed by atoms with E-state index < -0.39 is 6.04 Å². The molecule has 1 aromatic carbocycles. The number of nitrogens with zero attached hydrogens (tertiary/aromatic N) is 1. The van der Waals surface area contributed by atoms with Crippen LogP contribution in [0.1, 0.15) is 44.6 Å². The Kier molecular flexibility index (Phi) is 4.37. The number of carbonyl (C=O) groups is 2. The molecule has 2 amide bonds. The van der Waals surface area contributed by atoms with Crippen LogP contribution in [0, 0.1) is 11.7 Å². The summed E-state index contributed by atoms with van der Waals surface area (Å²) in [6, 6.07) is 6.18. The fourth-order valence-corrected chi connectivity index (χ4v) is 3.50. The minimum absolute atomic E-state index is 0.0447. The summed E-state index contributed by atoms with van der Waals surface area (Å²) in [6.07, 6.45) is 2.18. The summed E-state index contributed by atoms with van der Waals surface area (Å²) < 4.78 is 13.3. The van der Waals surface area contributed by atoms with Crippen LogP contribution in [-0.4, -0.2) is 35.3 Å². The van der Waals surface area contributed by atoms with Gasteiger partial charge in [0.15, 0.2) is 0 Å². The lowest BCUT2D eigenvalue weighted by atomic mass is 10.0. The lowest BCUT2D eigenvalue weighted by Crippen LogP contribution is -2.51. The van der Waals surface area contributed by atoms with Crippen molar-refractivity contribution in [1.29, 1.82) is 0 Å². The van der Waals surface area contributed by atoms with Crippen molar-refractivity contribution in [3.8, 4) is 0 Å². The van der Waals surface area contributed by atoms with E-state index in [-0.39, 0.29) is 35.5 Å². The number of hydrogen-bond donors (Lipinski definition) is 1.